The van der Waals surface area contributed by atoms with Gasteiger partial charge < -0.3 is 0 Å². The van der Waals surface area contributed by atoms with Crippen LogP contribution in [-0.4, -0.2) is 29.5 Å². The molecule has 0 radical (unpaired) electrons. The number of nitro groups is 1. The Hall–Kier alpha value is -1.93. The van der Waals surface area contributed by atoms with Crippen molar-refractivity contribution in [3.63, 3.8) is 0 Å². The molecule has 1 atom stereocenters. The molecule has 0 aromatic heterocycles. The summed E-state index contributed by atoms with van der Waals surface area (Å²) in [6, 6.07) is 8.72. The lowest BCUT2D eigenvalue weighted by atomic mass is 9.92. The van der Waals surface area contributed by atoms with Gasteiger partial charge in [-0.1, -0.05) is 18.2 Å². The minimum absolute atomic E-state index is 0.0656. The molecule has 0 heterocycles. The van der Waals surface area contributed by atoms with E-state index in [1.165, 1.54) is 6.07 Å². The lowest BCUT2D eigenvalue weighted by Gasteiger charge is -2.29. The molecular weight excluding hydrogens is 218 g/mol. The summed E-state index contributed by atoms with van der Waals surface area (Å²) in [4.78, 5) is 12.2. The lowest BCUT2D eigenvalue weighted by Crippen LogP contribution is -2.41. The Morgan fingerprint density at radius 2 is 2.06 bits per heavy atom. The van der Waals surface area contributed by atoms with Gasteiger partial charge in [0.1, 0.15) is 5.54 Å². The van der Waals surface area contributed by atoms with Crippen molar-refractivity contribution in [1.29, 1.82) is 5.26 Å². The van der Waals surface area contributed by atoms with Crippen molar-refractivity contribution < 1.29 is 4.92 Å². The zero-order valence-corrected chi connectivity index (χ0v) is 10.2. The topological polar surface area (TPSA) is 70.2 Å². The normalized spacial score (nSPS) is 14.1. The third-order valence-corrected chi connectivity index (χ3v) is 2.95. The molecule has 0 aliphatic heterocycles. The van der Waals surface area contributed by atoms with Crippen molar-refractivity contribution in [3.8, 4) is 6.07 Å². The molecule has 0 spiro atoms. The molecule has 0 bridgehead atoms. The molecule has 1 rings (SSSR count). The third kappa shape index (κ3) is 2.80. The number of benzene rings is 1. The second kappa shape index (κ2) is 4.93. The number of likely N-dealkylation sites (N-methyl/N-ethyl adjacent to an activating group) is 1. The summed E-state index contributed by atoms with van der Waals surface area (Å²) in [5.74, 6) is 0. The monoisotopic (exact) mass is 233 g/mol. The first-order chi connectivity index (χ1) is 7.90. The molecule has 5 nitrogen and oxygen atoms in total. The molecule has 0 aliphatic carbocycles. The van der Waals surface area contributed by atoms with Crippen LogP contribution in [0.4, 0.5) is 5.69 Å². The van der Waals surface area contributed by atoms with E-state index >= 15 is 0 Å². The first-order valence-corrected chi connectivity index (χ1v) is 5.21. The maximum atomic E-state index is 10.9. The van der Waals surface area contributed by atoms with Crippen LogP contribution < -0.4 is 0 Å². The predicted molar refractivity (Wildman–Crippen MR) is 64.5 cm³/mol. The van der Waals surface area contributed by atoms with Crippen molar-refractivity contribution in [1.82, 2.24) is 4.90 Å². The number of nitro benzene ring substituents is 1. The zero-order chi connectivity index (χ0) is 13.1. The molecule has 1 unspecified atom stereocenters. The summed E-state index contributed by atoms with van der Waals surface area (Å²) in [6.07, 6.45) is 0.327. The van der Waals surface area contributed by atoms with Gasteiger partial charge in [-0.2, -0.15) is 5.26 Å². The van der Waals surface area contributed by atoms with Gasteiger partial charge in [-0.3, -0.25) is 15.0 Å². The summed E-state index contributed by atoms with van der Waals surface area (Å²) in [6.45, 7) is 1.77. The number of nitrogens with zero attached hydrogens (tertiary/aromatic N) is 3. The van der Waals surface area contributed by atoms with Gasteiger partial charge in [-0.25, -0.2) is 0 Å². The van der Waals surface area contributed by atoms with Crippen LogP contribution in [-0.2, 0) is 6.42 Å². The predicted octanol–water partition coefficient (Wildman–Crippen LogP) is 1.98. The molecule has 0 N–H and O–H groups in total. The molecular formula is C12H15N3O2. The van der Waals surface area contributed by atoms with Gasteiger partial charge in [0, 0.05) is 18.1 Å². The highest BCUT2D eigenvalue weighted by atomic mass is 16.6. The van der Waals surface area contributed by atoms with Crippen molar-refractivity contribution in [2.45, 2.75) is 18.9 Å². The molecule has 0 saturated heterocycles. The number of para-hydroxylation sites is 1. The van der Waals surface area contributed by atoms with Gasteiger partial charge in [0.2, 0.25) is 0 Å². The highest BCUT2D eigenvalue weighted by Gasteiger charge is 2.29. The largest absolute Gasteiger partial charge is 0.292 e. The van der Waals surface area contributed by atoms with Gasteiger partial charge in [0.25, 0.3) is 5.69 Å². The fourth-order valence-corrected chi connectivity index (χ4v) is 1.51. The van der Waals surface area contributed by atoms with Gasteiger partial charge in [0.05, 0.1) is 11.0 Å². The highest BCUT2D eigenvalue weighted by Crippen LogP contribution is 2.24. The van der Waals surface area contributed by atoms with Crippen LogP contribution in [0, 0.1) is 21.4 Å². The zero-order valence-electron chi connectivity index (χ0n) is 10.2. The summed E-state index contributed by atoms with van der Waals surface area (Å²) in [7, 11) is 3.58. The number of hydrogen-bond donors (Lipinski definition) is 0. The van der Waals surface area contributed by atoms with Gasteiger partial charge >= 0.3 is 0 Å². The smallest absolute Gasteiger partial charge is 0.272 e. The Bertz CT molecular complexity index is 465. The molecule has 0 saturated carbocycles. The average Bonchev–Trinajstić information content (AvgIpc) is 2.29. The van der Waals surface area contributed by atoms with Crippen LogP contribution >= 0.6 is 0 Å². The summed E-state index contributed by atoms with van der Waals surface area (Å²) in [5, 5.41) is 20.1. The van der Waals surface area contributed by atoms with E-state index in [1.807, 2.05) is 0 Å². The fraction of sp³-hybridized carbons (Fsp3) is 0.417. The maximum Gasteiger partial charge on any atom is 0.272 e. The second-order valence-corrected chi connectivity index (χ2v) is 4.34. The Balaban J connectivity index is 3.12. The standard InChI is InChI=1S/C12H15N3O2/c1-12(9-13,14(2)3)8-10-6-4-5-7-11(10)15(16)17/h4-7H,8H2,1-3H3. The minimum Gasteiger partial charge on any atom is -0.292 e. The van der Waals surface area contributed by atoms with E-state index in [2.05, 4.69) is 6.07 Å². The third-order valence-electron chi connectivity index (χ3n) is 2.95. The summed E-state index contributed by atoms with van der Waals surface area (Å²) < 4.78 is 0. The van der Waals surface area contributed by atoms with E-state index in [4.69, 9.17) is 0 Å². The molecule has 90 valence electrons. The van der Waals surface area contributed by atoms with Crippen LogP contribution in [0.15, 0.2) is 24.3 Å². The number of hydrogen-bond acceptors (Lipinski definition) is 4. The molecule has 1 aromatic rings. The first-order valence-electron chi connectivity index (χ1n) is 5.21. The SMILES string of the molecule is CN(C)C(C)(C#N)Cc1ccccc1[N+](=O)[O-]. The van der Waals surface area contributed by atoms with E-state index < -0.39 is 10.5 Å². The molecule has 0 fully saturated rings. The highest BCUT2D eigenvalue weighted by molar-refractivity contribution is 5.41. The van der Waals surface area contributed by atoms with Crippen LogP contribution in [0.25, 0.3) is 0 Å². The molecule has 0 amide bonds. The van der Waals surface area contributed by atoms with E-state index in [0.29, 0.717) is 12.0 Å². The summed E-state index contributed by atoms with van der Waals surface area (Å²) >= 11 is 0. The van der Waals surface area contributed by atoms with Crippen LogP contribution in [0.3, 0.4) is 0 Å². The van der Waals surface area contributed by atoms with E-state index in [1.54, 1.807) is 44.1 Å². The van der Waals surface area contributed by atoms with E-state index in [9.17, 15) is 15.4 Å². The minimum atomic E-state index is -0.744. The quantitative estimate of drug-likeness (QED) is 0.589. The van der Waals surface area contributed by atoms with Crippen LogP contribution in [0.5, 0.6) is 0 Å². The van der Waals surface area contributed by atoms with Crippen molar-refractivity contribution >= 4 is 5.69 Å². The van der Waals surface area contributed by atoms with Gasteiger partial charge in [-0.15, -0.1) is 0 Å². The number of nitriles is 1. The molecule has 0 aliphatic rings. The Morgan fingerprint density at radius 1 is 1.47 bits per heavy atom. The Labute approximate surface area is 100 Å². The van der Waals surface area contributed by atoms with Crippen LogP contribution in [0.1, 0.15) is 12.5 Å². The fourth-order valence-electron chi connectivity index (χ4n) is 1.51. The van der Waals surface area contributed by atoms with Gasteiger partial charge in [-0.05, 0) is 21.0 Å². The van der Waals surface area contributed by atoms with Crippen molar-refractivity contribution in [3.05, 3.63) is 39.9 Å². The average molecular weight is 233 g/mol. The second-order valence-electron chi connectivity index (χ2n) is 4.34. The summed E-state index contributed by atoms with van der Waals surface area (Å²) in [5.41, 5.74) is -0.0994. The Kier molecular flexibility index (Phi) is 3.81. The first kappa shape index (κ1) is 13.1. The maximum absolute atomic E-state index is 10.9. The van der Waals surface area contributed by atoms with Crippen LogP contribution in [0.2, 0.25) is 0 Å². The van der Waals surface area contributed by atoms with Crippen molar-refractivity contribution in [2.75, 3.05) is 14.1 Å². The van der Waals surface area contributed by atoms with E-state index in [-0.39, 0.29) is 5.69 Å². The van der Waals surface area contributed by atoms with Crippen molar-refractivity contribution in [2.24, 2.45) is 0 Å². The molecule has 5 heteroatoms. The van der Waals surface area contributed by atoms with E-state index in [0.717, 1.165) is 0 Å². The number of rotatable bonds is 4. The Morgan fingerprint density at radius 3 is 2.53 bits per heavy atom. The lowest BCUT2D eigenvalue weighted by molar-refractivity contribution is -0.385. The van der Waals surface area contributed by atoms with Gasteiger partial charge in [0.15, 0.2) is 0 Å². The molecule has 17 heavy (non-hydrogen) atoms. The molecule has 1 aromatic carbocycles.